The molecule has 1 N–H and O–H groups in total. The van der Waals surface area contributed by atoms with Crippen LogP contribution in [0.5, 0.6) is 5.88 Å². The normalized spacial score (nSPS) is 22.3. The number of fused-ring (bicyclic) bond motifs is 4. The first-order valence-corrected chi connectivity index (χ1v) is 11.1. The van der Waals surface area contributed by atoms with Crippen LogP contribution in [-0.4, -0.2) is 78.5 Å². The van der Waals surface area contributed by atoms with E-state index in [0.29, 0.717) is 24.8 Å². The third-order valence-electron chi connectivity index (χ3n) is 5.92. The lowest BCUT2D eigenvalue weighted by Gasteiger charge is -2.35. The summed E-state index contributed by atoms with van der Waals surface area (Å²) < 4.78 is 21.6. The minimum absolute atomic E-state index is 0.0682. The molecule has 3 aliphatic heterocycles. The topological polar surface area (TPSA) is 128 Å². The average Bonchev–Trinajstić information content (AvgIpc) is 3.41. The van der Waals surface area contributed by atoms with Gasteiger partial charge in [0.25, 0.3) is 0 Å². The smallest absolute Gasteiger partial charge is 0.356 e. The Labute approximate surface area is 196 Å². The molecule has 0 saturated carbocycles. The number of rotatable bonds is 5. The SMILES string of the molecule is COC(=O)c1ccc2c(n1)N(C(=O)Nc1ccc(OCC3COC(C)(C)O3)nn1)[C@H]1CCN2C1. The first-order valence-electron chi connectivity index (χ1n) is 11.1. The Bertz CT molecular complexity index is 1090. The maximum absolute atomic E-state index is 13.2. The fraction of sp³-hybridized carbons (Fsp3) is 0.500. The molecule has 0 aliphatic carbocycles. The van der Waals surface area contributed by atoms with Crippen LogP contribution in [-0.2, 0) is 14.2 Å². The van der Waals surface area contributed by atoms with Gasteiger partial charge in [-0.05, 0) is 38.5 Å². The summed E-state index contributed by atoms with van der Waals surface area (Å²) in [4.78, 5) is 33.4. The molecule has 2 atom stereocenters. The van der Waals surface area contributed by atoms with E-state index in [2.05, 4.69) is 25.4 Å². The third kappa shape index (κ3) is 4.33. The Kier molecular flexibility index (Phi) is 5.70. The van der Waals surface area contributed by atoms with Gasteiger partial charge in [-0.3, -0.25) is 10.2 Å². The molecule has 2 aromatic heterocycles. The predicted molar refractivity (Wildman–Crippen MR) is 120 cm³/mol. The minimum Gasteiger partial charge on any atom is -0.474 e. The second kappa shape index (κ2) is 8.69. The first-order chi connectivity index (χ1) is 16.3. The number of carbonyl (C=O) groups is 2. The zero-order valence-corrected chi connectivity index (χ0v) is 19.2. The molecule has 2 bridgehead atoms. The van der Waals surface area contributed by atoms with Gasteiger partial charge in [-0.2, -0.15) is 0 Å². The zero-order valence-electron chi connectivity index (χ0n) is 19.2. The van der Waals surface area contributed by atoms with Gasteiger partial charge in [-0.1, -0.05) is 0 Å². The summed E-state index contributed by atoms with van der Waals surface area (Å²) in [7, 11) is 1.29. The Balaban J connectivity index is 1.27. The van der Waals surface area contributed by atoms with E-state index in [-0.39, 0.29) is 30.3 Å². The molecule has 5 rings (SSSR count). The van der Waals surface area contributed by atoms with E-state index in [9.17, 15) is 9.59 Å². The molecule has 0 spiro atoms. The van der Waals surface area contributed by atoms with Crippen LogP contribution in [0.2, 0.25) is 0 Å². The van der Waals surface area contributed by atoms with Crippen molar-refractivity contribution in [3.05, 3.63) is 30.0 Å². The average molecular weight is 470 g/mol. The summed E-state index contributed by atoms with van der Waals surface area (Å²) in [5, 5.41) is 10.9. The van der Waals surface area contributed by atoms with Gasteiger partial charge in [0.1, 0.15) is 12.7 Å². The van der Waals surface area contributed by atoms with Gasteiger partial charge in [-0.15, -0.1) is 10.2 Å². The maximum atomic E-state index is 13.2. The number of amides is 2. The van der Waals surface area contributed by atoms with E-state index in [1.165, 1.54) is 7.11 Å². The third-order valence-corrected chi connectivity index (χ3v) is 5.92. The number of aromatic nitrogens is 3. The Morgan fingerprint density at radius 1 is 1.24 bits per heavy atom. The highest BCUT2D eigenvalue weighted by molar-refractivity contribution is 6.04. The molecular weight excluding hydrogens is 444 g/mol. The van der Waals surface area contributed by atoms with Crippen molar-refractivity contribution in [3.8, 4) is 5.88 Å². The Hall–Kier alpha value is -3.51. The largest absolute Gasteiger partial charge is 0.474 e. The lowest BCUT2D eigenvalue weighted by molar-refractivity contribution is -0.141. The molecule has 12 nitrogen and oxygen atoms in total. The van der Waals surface area contributed by atoms with Crippen LogP contribution in [0.4, 0.5) is 22.1 Å². The predicted octanol–water partition coefficient (Wildman–Crippen LogP) is 1.82. The highest BCUT2D eigenvalue weighted by Crippen LogP contribution is 2.39. The van der Waals surface area contributed by atoms with Crippen LogP contribution in [0.15, 0.2) is 24.3 Å². The van der Waals surface area contributed by atoms with E-state index in [1.807, 2.05) is 13.8 Å². The number of esters is 1. The number of nitrogens with zero attached hydrogens (tertiary/aromatic N) is 5. The second-order valence-electron chi connectivity index (χ2n) is 8.74. The van der Waals surface area contributed by atoms with Gasteiger partial charge in [-0.25, -0.2) is 14.6 Å². The van der Waals surface area contributed by atoms with Crippen LogP contribution in [0.1, 0.15) is 30.8 Å². The number of methoxy groups -OCH3 is 1. The minimum atomic E-state index is -0.621. The highest BCUT2D eigenvalue weighted by Gasteiger charge is 2.40. The van der Waals surface area contributed by atoms with Crippen molar-refractivity contribution in [1.82, 2.24) is 15.2 Å². The van der Waals surface area contributed by atoms with Crippen molar-refractivity contribution in [2.24, 2.45) is 0 Å². The maximum Gasteiger partial charge on any atom is 0.356 e. The number of carbonyl (C=O) groups excluding carboxylic acids is 2. The zero-order chi connectivity index (χ0) is 23.9. The molecular formula is C22H26N6O6. The van der Waals surface area contributed by atoms with E-state index in [4.69, 9.17) is 18.9 Å². The molecule has 2 amide bonds. The summed E-state index contributed by atoms with van der Waals surface area (Å²) in [6, 6.07) is 6.17. The number of hydrogen-bond donors (Lipinski definition) is 1. The molecule has 5 heterocycles. The fourth-order valence-corrected chi connectivity index (χ4v) is 4.35. The molecule has 0 radical (unpaired) electrons. The number of urea groups is 1. The van der Waals surface area contributed by atoms with Crippen molar-refractivity contribution in [3.63, 3.8) is 0 Å². The van der Waals surface area contributed by atoms with Gasteiger partial charge in [0, 0.05) is 19.2 Å². The molecule has 2 saturated heterocycles. The van der Waals surface area contributed by atoms with Crippen LogP contribution >= 0.6 is 0 Å². The molecule has 3 aliphatic rings. The fourth-order valence-electron chi connectivity index (χ4n) is 4.35. The van der Waals surface area contributed by atoms with Gasteiger partial charge >= 0.3 is 12.0 Å². The Morgan fingerprint density at radius 2 is 2.09 bits per heavy atom. The summed E-state index contributed by atoms with van der Waals surface area (Å²) in [5.41, 5.74) is 0.940. The second-order valence-corrected chi connectivity index (χ2v) is 8.74. The molecule has 0 aromatic carbocycles. The summed E-state index contributed by atoms with van der Waals surface area (Å²) in [6.45, 7) is 5.91. The van der Waals surface area contributed by atoms with Crippen LogP contribution in [0.3, 0.4) is 0 Å². The van der Waals surface area contributed by atoms with E-state index in [1.54, 1.807) is 29.2 Å². The number of ether oxygens (including phenoxy) is 4. The Morgan fingerprint density at radius 3 is 2.79 bits per heavy atom. The van der Waals surface area contributed by atoms with Crippen molar-refractivity contribution >= 4 is 29.3 Å². The van der Waals surface area contributed by atoms with Gasteiger partial charge in [0.2, 0.25) is 5.88 Å². The number of anilines is 3. The lowest BCUT2D eigenvalue weighted by atomic mass is 10.2. The van der Waals surface area contributed by atoms with E-state index >= 15 is 0 Å². The van der Waals surface area contributed by atoms with Crippen molar-refractivity contribution < 1.29 is 28.5 Å². The van der Waals surface area contributed by atoms with Gasteiger partial charge in [0.15, 0.2) is 23.1 Å². The van der Waals surface area contributed by atoms with Gasteiger partial charge in [0.05, 0.1) is 25.4 Å². The number of nitrogens with one attached hydrogen (secondary N) is 1. The van der Waals surface area contributed by atoms with Gasteiger partial charge < -0.3 is 23.8 Å². The molecule has 180 valence electrons. The molecule has 2 aromatic rings. The monoisotopic (exact) mass is 470 g/mol. The molecule has 2 fully saturated rings. The first kappa shape index (κ1) is 22.3. The van der Waals surface area contributed by atoms with E-state index in [0.717, 1.165) is 18.7 Å². The van der Waals surface area contributed by atoms with Crippen molar-refractivity contribution in [2.75, 3.05) is 48.5 Å². The molecule has 1 unspecified atom stereocenters. The number of hydrogen-bond acceptors (Lipinski definition) is 10. The standard InChI is InChI=1S/C22H26N6O6/c1-22(2)33-12-14(34-22)11-32-18-7-6-17(25-26-18)24-21(30)28-13-8-9-27(10-13)16-5-4-15(20(29)31-3)23-19(16)28/h4-7,13-14H,8-12H2,1-3H3,(H,24,25,30)/t13-,14?/m0/s1. The summed E-state index contributed by atoms with van der Waals surface area (Å²) in [5.74, 6) is -0.182. The van der Waals surface area contributed by atoms with Crippen molar-refractivity contribution in [1.29, 1.82) is 0 Å². The summed E-state index contributed by atoms with van der Waals surface area (Å²) in [6.07, 6.45) is 0.600. The summed E-state index contributed by atoms with van der Waals surface area (Å²) >= 11 is 0. The van der Waals surface area contributed by atoms with Crippen LogP contribution in [0, 0.1) is 0 Å². The van der Waals surface area contributed by atoms with Crippen molar-refractivity contribution in [2.45, 2.75) is 38.2 Å². The molecule has 34 heavy (non-hydrogen) atoms. The highest BCUT2D eigenvalue weighted by atomic mass is 16.7. The quantitative estimate of drug-likeness (QED) is 0.646. The van der Waals surface area contributed by atoms with Crippen LogP contribution < -0.4 is 19.9 Å². The van der Waals surface area contributed by atoms with E-state index < -0.39 is 17.8 Å². The number of pyridine rings is 1. The molecule has 12 heteroatoms. The van der Waals surface area contributed by atoms with Crippen LogP contribution in [0.25, 0.3) is 0 Å². The lowest BCUT2D eigenvalue weighted by Crippen LogP contribution is -2.48.